The first kappa shape index (κ1) is 16.2. The molecule has 0 aliphatic heterocycles. The van der Waals surface area contributed by atoms with Gasteiger partial charge in [-0.25, -0.2) is 4.79 Å². The molecule has 0 unspecified atom stereocenters. The molecule has 110 valence electrons. The van der Waals surface area contributed by atoms with Crippen molar-refractivity contribution in [3.8, 4) is 0 Å². The Morgan fingerprint density at radius 2 is 1.35 bits per heavy atom. The van der Waals surface area contributed by atoms with E-state index in [1.165, 1.54) is 23.6 Å². The van der Waals surface area contributed by atoms with Gasteiger partial charge >= 0.3 is 5.97 Å². The van der Waals surface area contributed by atoms with Crippen molar-refractivity contribution in [2.45, 2.75) is 54.0 Å². The number of carboxylic acid groups (broad SMARTS) is 1. The van der Waals surface area contributed by atoms with Crippen molar-refractivity contribution >= 4 is 11.9 Å². The van der Waals surface area contributed by atoms with E-state index in [1.54, 1.807) is 0 Å². The molecule has 1 aromatic rings. The number of rotatable bonds is 4. The summed E-state index contributed by atoms with van der Waals surface area (Å²) in [5.74, 6) is -1.33. The minimum Gasteiger partial charge on any atom is -0.480 e. The summed E-state index contributed by atoms with van der Waals surface area (Å²) < 4.78 is 0. The second-order valence-electron chi connectivity index (χ2n) is 5.40. The fourth-order valence-electron chi connectivity index (χ4n) is 2.53. The molecule has 0 radical (unpaired) electrons. The van der Waals surface area contributed by atoms with Crippen LogP contribution in [0.4, 0.5) is 0 Å². The maximum absolute atomic E-state index is 11.3. The third kappa shape index (κ3) is 3.18. The number of carbonyl (C=O) groups is 2. The Morgan fingerprint density at radius 3 is 1.70 bits per heavy atom. The van der Waals surface area contributed by atoms with Crippen molar-refractivity contribution in [3.63, 3.8) is 0 Å². The van der Waals surface area contributed by atoms with Gasteiger partial charge in [0.2, 0.25) is 5.91 Å². The van der Waals surface area contributed by atoms with Gasteiger partial charge in [-0.15, -0.1) is 0 Å². The van der Waals surface area contributed by atoms with E-state index in [0.29, 0.717) is 6.42 Å². The van der Waals surface area contributed by atoms with Crippen LogP contribution < -0.4 is 5.32 Å². The lowest BCUT2D eigenvalue weighted by atomic mass is 9.87. The van der Waals surface area contributed by atoms with Crippen LogP contribution in [0.2, 0.25) is 0 Å². The number of aliphatic carboxylic acids is 1. The van der Waals surface area contributed by atoms with E-state index >= 15 is 0 Å². The standard InChI is InChI=1S/C16H23NO3/c1-8-9(2)11(4)14(12(5)10(8)3)7-15(16(19)20)17-13(6)18/h15H,7H2,1-6H3,(H,17,18)(H,19,20)/t15-/m1/s1. The van der Waals surface area contributed by atoms with Gasteiger partial charge in [0.25, 0.3) is 0 Å². The SMILES string of the molecule is CC(=O)N[C@H](Cc1c(C)c(C)c(C)c(C)c1C)C(=O)O. The van der Waals surface area contributed by atoms with Crippen LogP contribution in [-0.4, -0.2) is 23.0 Å². The Morgan fingerprint density at radius 1 is 0.950 bits per heavy atom. The van der Waals surface area contributed by atoms with E-state index in [0.717, 1.165) is 16.7 Å². The molecule has 0 heterocycles. The monoisotopic (exact) mass is 277 g/mol. The number of hydrogen-bond donors (Lipinski definition) is 2. The highest BCUT2D eigenvalue weighted by Crippen LogP contribution is 2.27. The second kappa shape index (κ2) is 6.07. The smallest absolute Gasteiger partial charge is 0.326 e. The Labute approximate surface area is 120 Å². The highest BCUT2D eigenvalue weighted by molar-refractivity contribution is 5.82. The summed E-state index contributed by atoms with van der Waals surface area (Å²) in [4.78, 5) is 22.4. The number of benzene rings is 1. The number of amides is 1. The maximum Gasteiger partial charge on any atom is 0.326 e. The van der Waals surface area contributed by atoms with Gasteiger partial charge < -0.3 is 10.4 Å². The second-order valence-corrected chi connectivity index (χ2v) is 5.40. The van der Waals surface area contributed by atoms with Crippen LogP contribution in [0.3, 0.4) is 0 Å². The highest BCUT2D eigenvalue weighted by Gasteiger charge is 2.22. The summed E-state index contributed by atoms with van der Waals surface area (Å²) in [5, 5.41) is 11.7. The zero-order valence-corrected chi connectivity index (χ0v) is 13.0. The van der Waals surface area contributed by atoms with Crippen LogP contribution in [0, 0.1) is 34.6 Å². The summed E-state index contributed by atoms with van der Waals surface area (Å²) in [6.45, 7) is 11.5. The van der Waals surface area contributed by atoms with Crippen molar-refractivity contribution in [2.24, 2.45) is 0 Å². The average molecular weight is 277 g/mol. The third-order valence-electron chi connectivity index (χ3n) is 4.24. The average Bonchev–Trinajstić information content (AvgIpc) is 2.37. The molecule has 20 heavy (non-hydrogen) atoms. The molecule has 2 N–H and O–H groups in total. The summed E-state index contributed by atoms with van der Waals surface area (Å²) in [5.41, 5.74) is 6.87. The quantitative estimate of drug-likeness (QED) is 0.888. The minimum absolute atomic E-state index is 0.314. The van der Waals surface area contributed by atoms with E-state index < -0.39 is 12.0 Å². The first-order valence-electron chi connectivity index (χ1n) is 6.72. The number of carbonyl (C=O) groups excluding carboxylic acids is 1. The van der Waals surface area contributed by atoms with Crippen LogP contribution in [0.15, 0.2) is 0 Å². The molecule has 0 aliphatic carbocycles. The predicted octanol–water partition coefficient (Wildman–Crippen LogP) is 2.36. The molecule has 1 atom stereocenters. The maximum atomic E-state index is 11.3. The van der Waals surface area contributed by atoms with Crippen LogP contribution in [0.1, 0.15) is 40.3 Å². The molecular weight excluding hydrogens is 254 g/mol. The first-order chi connectivity index (χ1) is 9.16. The number of hydrogen-bond acceptors (Lipinski definition) is 2. The summed E-state index contributed by atoms with van der Waals surface area (Å²) in [7, 11) is 0. The summed E-state index contributed by atoms with van der Waals surface area (Å²) in [6, 6.07) is -0.883. The lowest BCUT2D eigenvalue weighted by Crippen LogP contribution is -2.41. The van der Waals surface area contributed by atoms with Gasteiger partial charge in [0.1, 0.15) is 6.04 Å². The molecule has 1 amide bonds. The molecule has 0 saturated carbocycles. The Bertz CT molecular complexity index is 532. The van der Waals surface area contributed by atoms with Gasteiger partial charge in [0, 0.05) is 13.3 Å². The van der Waals surface area contributed by atoms with Crippen molar-refractivity contribution in [1.82, 2.24) is 5.32 Å². The highest BCUT2D eigenvalue weighted by atomic mass is 16.4. The van der Waals surface area contributed by atoms with Crippen LogP contribution in [0.5, 0.6) is 0 Å². The molecule has 0 bridgehead atoms. The van der Waals surface area contributed by atoms with Crippen molar-refractivity contribution < 1.29 is 14.7 Å². The molecule has 4 heteroatoms. The van der Waals surface area contributed by atoms with Crippen molar-refractivity contribution in [3.05, 3.63) is 33.4 Å². The van der Waals surface area contributed by atoms with E-state index in [9.17, 15) is 14.7 Å². The van der Waals surface area contributed by atoms with Crippen LogP contribution in [0.25, 0.3) is 0 Å². The summed E-state index contributed by atoms with van der Waals surface area (Å²) >= 11 is 0. The van der Waals surface area contributed by atoms with E-state index in [1.807, 2.05) is 13.8 Å². The molecule has 0 fully saturated rings. The van der Waals surface area contributed by atoms with E-state index in [-0.39, 0.29) is 5.91 Å². The molecule has 0 saturated heterocycles. The number of nitrogens with one attached hydrogen (secondary N) is 1. The Hall–Kier alpha value is -1.84. The first-order valence-corrected chi connectivity index (χ1v) is 6.72. The van der Waals surface area contributed by atoms with Gasteiger partial charge in [0.15, 0.2) is 0 Å². The number of carboxylic acids is 1. The van der Waals surface area contributed by atoms with Crippen molar-refractivity contribution in [2.75, 3.05) is 0 Å². The fraction of sp³-hybridized carbons (Fsp3) is 0.500. The molecule has 4 nitrogen and oxygen atoms in total. The zero-order valence-electron chi connectivity index (χ0n) is 13.0. The Kier molecular flexibility index (Phi) is 4.93. The van der Waals surface area contributed by atoms with E-state index in [4.69, 9.17) is 0 Å². The zero-order chi connectivity index (χ0) is 15.6. The van der Waals surface area contributed by atoms with Gasteiger partial charge in [-0.1, -0.05) is 0 Å². The third-order valence-corrected chi connectivity index (χ3v) is 4.24. The Balaban J connectivity index is 3.26. The van der Waals surface area contributed by atoms with Crippen LogP contribution >= 0.6 is 0 Å². The van der Waals surface area contributed by atoms with E-state index in [2.05, 4.69) is 26.1 Å². The van der Waals surface area contributed by atoms with Gasteiger partial charge in [0.05, 0.1) is 0 Å². The molecule has 1 aromatic carbocycles. The normalized spacial score (nSPS) is 12.1. The largest absolute Gasteiger partial charge is 0.480 e. The fourth-order valence-corrected chi connectivity index (χ4v) is 2.53. The molecule has 0 aromatic heterocycles. The lowest BCUT2D eigenvalue weighted by molar-refractivity contribution is -0.141. The van der Waals surface area contributed by atoms with Crippen LogP contribution in [-0.2, 0) is 16.0 Å². The minimum atomic E-state index is -1.00. The predicted molar refractivity (Wildman–Crippen MR) is 79.1 cm³/mol. The summed E-state index contributed by atoms with van der Waals surface area (Å²) in [6.07, 6.45) is 0.314. The molecule has 0 aliphatic rings. The topological polar surface area (TPSA) is 66.4 Å². The van der Waals surface area contributed by atoms with Crippen molar-refractivity contribution in [1.29, 1.82) is 0 Å². The van der Waals surface area contributed by atoms with Gasteiger partial charge in [-0.3, -0.25) is 4.79 Å². The van der Waals surface area contributed by atoms with Gasteiger partial charge in [-0.05, 0) is 68.0 Å². The lowest BCUT2D eigenvalue weighted by Gasteiger charge is -2.21. The molecule has 1 rings (SSSR count). The molecular formula is C16H23NO3. The van der Waals surface area contributed by atoms with Gasteiger partial charge in [-0.2, -0.15) is 0 Å². The molecule has 0 spiro atoms.